The van der Waals surface area contributed by atoms with Crippen LogP contribution in [0.2, 0.25) is 0 Å². The molecule has 1 amide bonds. The number of hydrogen-bond donors (Lipinski definition) is 0. The maximum Gasteiger partial charge on any atom is 0.258 e. The molecule has 2 nitrogen and oxygen atoms in total. The van der Waals surface area contributed by atoms with E-state index in [2.05, 4.69) is 18.2 Å². The summed E-state index contributed by atoms with van der Waals surface area (Å²) in [5, 5.41) is 2.25. The van der Waals surface area contributed by atoms with Gasteiger partial charge >= 0.3 is 0 Å². The Hall–Kier alpha value is -2.35. The number of likely N-dealkylation sites (N-methyl/N-ethyl adjacent to an activating group) is 1. The van der Waals surface area contributed by atoms with Gasteiger partial charge in [-0.05, 0) is 41.8 Å². The minimum atomic E-state index is 0.0357. The molecule has 2 aromatic rings. The zero-order valence-corrected chi connectivity index (χ0v) is 11.5. The van der Waals surface area contributed by atoms with Crippen molar-refractivity contribution < 1.29 is 4.79 Å². The maximum atomic E-state index is 12.5. The Labute approximate surface area is 119 Å². The molecule has 0 saturated carbocycles. The van der Waals surface area contributed by atoms with Crippen LogP contribution in [-0.2, 0) is 0 Å². The highest BCUT2D eigenvalue weighted by molar-refractivity contribution is 5.99. The summed E-state index contributed by atoms with van der Waals surface area (Å²) in [6, 6.07) is 13.9. The lowest BCUT2D eigenvalue weighted by Gasteiger charge is -2.20. The summed E-state index contributed by atoms with van der Waals surface area (Å²) in [5.41, 5.74) is 1.71. The van der Waals surface area contributed by atoms with Crippen molar-refractivity contribution in [2.24, 2.45) is 0 Å². The van der Waals surface area contributed by atoms with Gasteiger partial charge in [0.05, 0.1) is 0 Å². The molecule has 0 fully saturated rings. The molecule has 2 heteroatoms. The molecular weight excluding hydrogens is 246 g/mol. The number of benzene rings is 2. The molecule has 0 aromatic heterocycles. The molecular formula is C18H17NO. The van der Waals surface area contributed by atoms with E-state index in [4.69, 9.17) is 0 Å². The van der Waals surface area contributed by atoms with Crippen molar-refractivity contribution in [2.45, 2.75) is 12.8 Å². The van der Waals surface area contributed by atoms with Crippen molar-refractivity contribution in [1.82, 2.24) is 4.90 Å². The first-order valence-corrected chi connectivity index (χ1v) is 6.89. The van der Waals surface area contributed by atoms with Crippen LogP contribution in [-0.4, -0.2) is 17.9 Å². The normalized spacial score (nSPS) is 14.2. The Kier molecular flexibility index (Phi) is 3.38. The van der Waals surface area contributed by atoms with Crippen molar-refractivity contribution >= 4 is 16.7 Å². The van der Waals surface area contributed by atoms with Gasteiger partial charge in [0, 0.05) is 18.3 Å². The standard InChI is InChI=1S/C18H17NO/c1-19(17-9-3-2-4-10-17)18(20)16-12-11-14-7-5-6-8-15(14)13-16/h3,5-13H,2,4H2,1H3. The van der Waals surface area contributed by atoms with Gasteiger partial charge in [0.2, 0.25) is 0 Å². The van der Waals surface area contributed by atoms with Gasteiger partial charge < -0.3 is 4.90 Å². The van der Waals surface area contributed by atoms with Gasteiger partial charge in [-0.15, -0.1) is 0 Å². The quantitative estimate of drug-likeness (QED) is 0.797. The van der Waals surface area contributed by atoms with E-state index in [9.17, 15) is 4.79 Å². The summed E-state index contributed by atoms with van der Waals surface area (Å²) in [6.45, 7) is 0. The second kappa shape index (κ2) is 5.33. The predicted octanol–water partition coefficient (Wildman–Crippen LogP) is 4.15. The van der Waals surface area contributed by atoms with Crippen LogP contribution >= 0.6 is 0 Å². The van der Waals surface area contributed by atoms with E-state index in [0.29, 0.717) is 0 Å². The average molecular weight is 263 g/mol. The van der Waals surface area contributed by atoms with Crippen LogP contribution in [0.1, 0.15) is 23.2 Å². The number of carbonyl (C=O) groups excluding carboxylic acids is 1. The fourth-order valence-electron chi connectivity index (χ4n) is 2.48. The van der Waals surface area contributed by atoms with Crippen LogP contribution in [0.5, 0.6) is 0 Å². The number of amides is 1. The number of carbonyl (C=O) groups is 1. The summed E-state index contributed by atoms with van der Waals surface area (Å²) in [4.78, 5) is 14.3. The van der Waals surface area contributed by atoms with Crippen molar-refractivity contribution in [3.63, 3.8) is 0 Å². The van der Waals surface area contributed by atoms with Crippen LogP contribution in [0, 0.1) is 0 Å². The van der Waals surface area contributed by atoms with E-state index in [1.54, 1.807) is 4.90 Å². The van der Waals surface area contributed by atoms with E-state index in [1.807, 2.05) is 49.5 Å². The minimum absolute atomic E-state index is 0.0357. The van der Waals surface area contributed by atoms with E-state index < -0.39 is 0 Å². The number of allylic oxidation sites excluding steroid dienone is 3. The lowest BCUT2D eigenvalue weighted by molar-refractivity contribution is 0.0840. The SMILES string of the molecule is CN(C(=O)c1ccc2ccccc2c1)C1=CCCC=C1. The highest BCUT2D eigenvalue weighted by Gasteiger charge is 2.15. The van der Waals surface area contributed by atoms with Gasteiger partial charge in [-0.1, -0.05) is 42.5 Å². The highest BCUT2D eigenvalue weighted by atomic mass is 16.2. The van der Waals surface area contributed by atoms with Gasteiger partial charge in [0.15, 0.2) is 0 Å². The van der Waals surface area contributed by atoms with Crippen molar-refractivity contribution in [3.8, 4) is 0 Å². The third-order valence-corrected chi connectivity index (χ3v) is 3.66. The van der Waals surface area contributed by atoms with Crippen molar-refractivity contribution in [1.29, 1.82) is 0 Å². The minimum Gasteiger partial charge on any atom is -0.312 e. The largest absolute Gasteiger partial charge is 0.312 e. The Bertz CT molecular complexity index is 712. The first-order chi connectivity index (χ1) is 9.75. The molecule has 100 valence electrons. The number of fused-ring (bicyclic) bond motifs is 1. The molecule has 0 unspecified atom stereocenters. The van der Waals surface area contributed by atoms with Crippen molar-refractivity contribution in [3.05, 3.63) is 72.0 Å². The first kappa shape index (κ1) is 12.7. The zero-order chi connectivity index (χ0) is 13.9. The third kappa shape index (κ3) is 2.37. The molecule has 0 aliphatic heterocycles. The molecule has 0 bridgehead atoms. The van der Waals surface area contributed by atoms with E-state index in [0.717, 1.165) is 34.9 Å². The van der Waals surface area contributed by atoms with Gasteiger partial charge in [-0.2, -0.15) is 0 Å². The third-order valence-electron chi connectivity index (χ3n) is 3.66. The highest BCUT2D eigenvalue weighted by Crippen LogP contribution is 2.19. The van der Waals surface area contributed by atoms with Crippen LogP contribution in [0.4, 0.5) is 0 Å². The Balaban J connectivity index is 1.92. The van der Waals surface area contributed by atoms with Crippen LogP contribution in [0.15, 0.2) is 66.4 Å². The van der Waals surface area contributed by atoms with Crippen molar-refractivity contribution in [2.75, 3.05) is 7.05 Å². The van der Waals surface area contributed by atoms with E-state index in [1.165, 1.54) is 0 Å². The second-order valence-corrected chi connectivity index (χ2v) is 5.03. The zero-order valence-electron chi connectivity index (χ0n) is 11.5. The monoisotopic (exact) mass is 263 g/mol. The molecule has 0 heterocycles. The molecule has 3 rings (SSSR count). The molecule has 0 atom stereocenters. The summed E-state index contributed by atoms with van der Waals surface area (Å²) in [6.07, 6.45) is 8.30. The predicted molar refractivity (Wildman–Crippen MR) is 82.5 cm³/mol. The van der Waals surface area contributed by atoms with Gasteiger partial charge in [-0.25, -0.2) is 0 Å². The Morgan fingerprint density at radius 3 is 2.60 bits per heavy atom. The molecule has 2 aromatic carbocycles. The summed E-state index contributed by atoms with van der Waals surface area (Å²) in [5.74, 6) is 0.0357. The topological polar surface area (TPSA) is 20.3 Å². The van der Waals surface area contributed by atoms with E-state index in [-0.39, 0.29) is 5.91 Å². The Morgan fingerprint density at radius 2 is 1.85 bits per heavy atom. The number of nitrogens with zero attached hydrogens (tertiary/aromatic N) is 1. The number of hydrogen-bond acceptors (Lipinski definition) is 1. The van der Waals surface area contributed by atoms with Crippen LogP contribution < -0.4 is 0 Å². The van der Waals surface area contributed by atoms with Gasteiger partial charge in [-0.3, -0.25) is 4.79 Å². The fraction of sp³-hybridized carbons (Fsp3) is 0.167. The summed E-state index contributed by atoms with van der Waals surface area (Å²) in [7, 11) is 1.83. The molecule has 1 aliphatic rings. The molecule has 20 heavy (non-hydrogen) atoms. The maximum absolute atomic E-state index is 12.5. The van der Waals surface area contributed by atoms with Gasteiger partial charge in [0.1, 0.15) is 0 Å². The summed E-state index contributed by atoms with van der Waals surface area (Å²) < 4.78 is 0. The first-order valence-electron chi connectivity index (χ1n) is 6.89. The lowest BCUT2D eigenvalue weighted by Crippen LogP contribution is -2.25. The van der Waals surface area contributed by atoms with Gasteiger partial charge in [0.25, 0.3) is 5.91 Å². The molecule has 0 spiro atoms. The molecule has 1 aliphatic carbocycles. The van der Waals surface area contributed by atoms with Crippen LogP contribution in [0.3, 0.4) is 0 Å². The fourth-order valence-corrected chi connectivity index (χ4v) is 2.48. The Morgan fingerprint density at radius 1 is 1.05 bits per heavy atom. The second-order valence-electron chi connectivity index (χ2n) is 5.03. The number of rotatable bonds is 2. The molecule has 0 saturated heterocycles. The van der Waals surface area contributed by atoms with E-state index >= 15 is 0 Å². The lowest BCUT2D eigenvalue weighted by atomic mass is 10.1. The molecule has 0 N–H and O–H groups in total. The van der Waals surface area contributed by atoms with Crippen LogP contribution in [0.25, 0.3) is 10.8 Å². The average Bonchev–Trinajstić information content (AvgIpc) is 2.54. The smallest absolute Gasteiger partial charge is 0.258 e. The molecule has 0 radical (unpaired) electrons. The summed E-state index contributed by atoms with van der Waals surface area (Å²) >= 11 is 0.